The van der Waals surface area contributed by atoms with Gasteiger partial charge in [-0.1, -0.05) is 13.3 Å². The molecule has 4 heteroatoms. The van der Waals surface area contributed by atoms with Gasteiger partial charge in [-0.3, -0.25) is 4.79 Å². The van der Waals surface area contributed by atoms with Crippen LogP contribution in [0.5, 0.6) is 0 Å². The Labute approximate surface area is 119 Å². The van der Waals surface area contributed by atoms with Gasteiger partial charge in [-0.05, 0) is 49.4 Å². The van der Waals surface area contributed by atoms with Crippen LogP contribution in [0.4, 0.5) is 0 Å². The molecule has 0 radical (unpaired) electrons. The first-order valence-corrected chi connectivity index (χ1v) is 7.11. The molecule has 1 aliphatic rings. The first kappa shape index (κ1) is 14.6. The molecule has 0 bridgehead atoms. The number of carboxylic acids is 1. The number of carbonyl (C=O) groups excluding carboxylic acids is 1. The first-order chi connectivity index (χ1) is 9.47. The fourth-order valence-corrected chi connectivity index (χ4v) is 2.75. The van der Waals surface area contributed by atoms with Crippen molar-refractivity contribution < 1.29 is 14.7 Å². The third-order valence-corrected chi connectivity index (χ3v) is 3.77. The fourth-order valence-electron chi connectivity index (χ4n) is 2.75. The number of amides is 1. The van der Waals surface area contributed by atoms with Crippen molar-refractivity contribution in [2.45, 2.75) is 33.1 Å². The van der Waals surface area contributed by atoms with Crippen molar-refractivity contribution in [2.24, 2.45) is 5.92 Å². The molecule has 1 unspecified atom stereocenters. The summed E-state index contributed by atoms with van der Waals surface area (Å²) >= 11 is 0. The molecule has 0 aliphatic carbocycles. The van der Waals surface area contributed by atoms with Crippen molar-refractivity contribution in [1.29, 1.82) is 0 Å². The highest BCUT2D eigenvalue weighted by atomic mass is 16.4. The van der Waals surface area contributed by atoms with Gasteiger partial charge in [0.2, 0.25) is 0 Å². The van der Waals surface area contributed by atoms with Crippen molar-refractivity contribution in [2.75, 3.05) is 13.1 Å². The van der Waals surface area contributed by atoms with Gasteiger partial charge in [0, 0.05) is 18.7 Å². The molecule has 1 fully saturated rings. The Kier molecular flexibility index (Phi) is 4.42. The van der Waals surface area contributed by atoms with Crippen LogP contribution in [0.25, 0.3) is 0 Å². The molecule has 1 heterocycles. The number of hydrogen-bond donors (Lipinski definition) is 1. The lowest BCUT2D eigenvalue weighted by atomic mass is 10.0. The number of carboxylic acid groups (broad SMARTS) is 1. The predicted molar refractivity (Wildman–Crippen MR) is 77.1 cm³/mol. The molecule has 2 rings (SSSR count). The van der Waals surface area contributed by atoms with E-state index in [0.717, 1.165) is 37.9 Å². The summed E-state index contributed by atoms with van der Waals surface area (Å²) in [5, 5.41) is 9.09. The number of carbonyl (C=O) groups is 2. The predicted octanol–water partition coefficient (Wildman–Crippen LogP) is 2.96. The van der Waals surface area contributed by atoms with Gasteiger partial charge in [-0.2, -0.15) is 0 Å². The monoisotopic (exact) mass is 275 g/mol. The van der Waals surface area contributed by atoms with Crippen molar-refractivity contribution in [3.05, 3.63) is 34.9 Å². The van der Waals surface area contributed by atoms with Crippen LogP contribution in [-0.4, -0.2) is 35.0 Å². The van der Waals surface area contributed by atoms with Crippen LogP contribution in [0.1, 0.15) is 52.5 Å². The molecule has 1 aromatic carbocycles. The number of nitrogens with zero attached hydrogens (tertiary/aromatic N) is 1. The highest BCUT2D eigenvalue weighted by Gasteiger charge is 2.21. The average Bonchev–Trinajstić information content (AvgIpc) is 2.61. The quantitative estimate of drug-likeness (QED) is 0.902. The van der Waals surface area contributed by atoms with E-state index in [2.05, 4.69) is 6.92 Å². The second-order valence-corrected chi connectivity index (χ2v) is 5.74. The largest absolute Gasteiger partial charge is 0.478 e. The van der Waals surface area contributed by atoms with Crippen LogP contribution in [-0.2, 0) is 0 Å². The summed E-state index contributed by atoms with van der Waals surface area (Å²) in [6.07, 6.45) is 3.32. The van der Waals surface area contributed by atoms with Gasteiger partial charge in [-0.15, -0.1) is 0 Å². The summed E-state index contributed by atoms with van der Waals surface area (Å²) < 4.78 is 0. The molecule has 0 saturated carbocycles. The molecular formula is C16H21NO3. The molecule has 1 amide bonds. The normalized spacial score (nSPS) is 19.5. The van der Waals surface area contributed by atoms with Crippen molar-refractivity contribution in [3.63, 3.8) is 0 Å². The molecule has 0 aromatic heterocycles. The maximum atomic E-state index is 12.6. The summed E-state index contributed by atoms with van der Waals surface area (Å²) in [6.45, 7) is 5.49. The fraction of sp³-hybridized carbons (Fsp3) is 0.500. The van der Waals surface area contributed by atoms with E-state index < -0.39 is 5.97 Å². The van der Waals surface area contributed by atoms with E-state index in [-0.39, 0.29) is 11.5 Å². The maximum absolute atomic E-state index is 12.6. The second-order valence-electron chi connectivity index (χ2n) is 5.74. The summed E-state index contributed by atoms with van der Waals surface area (Å²) in [4.78, 5) is 25.5. The third kappa shape index (κ3) is 3.38. The Morgan fingerprint density at radius 2 is 1.90 bits per heavy atom. The van der Waals surface area contributed by atoms with Crippen LogP contribution in [0.3, 0.4) is 0 Å². The molecule has 1 aromatic rings. The Balaban J connectivity index is 2.25. The molecule has 1 saturated heterocycles. The minimum absolute atomic E-state index is 0.0510. The molecule has 20 heavy (non-hydrogen) atoms. The van der Waals surface area contributed by atoms with Crippen molar-refractivity contribution >= 4 is 11.9 Å². The van der Waals surface area contributed by atoms with Gasteiger partial charge >= 0.3 is 5.97 Å². The van der Waals surface area contributed by atoms with E-state index in [1.807, 2.05) is 11.8 Å². The lowest BCUT2D eigenvalue weighted by Crippen LogP contribution is -2.34. The van der Waals surface area contributed by atoms with Gasteiger partial charge in [0.15, 0.2) is 0 Å². The standard InChI is InChI=1S/C16H21NO3/c1-11-5-3-4-6-17(10-11)15(18)13-7-12(2)8-14(9-13)16(19)20/h7-9,11H,3-6,10H2,1-2H3,(H,19,20). The molecular weight excluding hydrogens is 254 g/mol. The minimum atomic E-state index is -0.994. The molecule has 0 spiro atoms. The highest BCUT2D eigenvalue weighted by molar-refractivity contribution is 5.97. The summed E-state index contributed by atoms with van der Waals surface area (Å²) in [6, 6.07) is 4.84. The van der Waals surface area contributed by atoms with Crippen molar-refractivity contribution in [1.82, 2.24) is 4.90 Å². The van der Waals surface area contributed by atoms with E-state index in [1.165, 1.54) is 6.07 Å². The SMILES string of the molecule is Cc1cc(C(=O)O)cc(C(=O)N2CCCCC(C)C2)c1. The molecule has 1 N–H and O–H groups in total. The van der Waals surface area contributed by atoms with Crippen LogP contribution in [0, 0.1) is 12.8 Å². The zero-order chi connectivity index (χ0) is 14.7. The highest BCUT2D eigenvalue weighted by Crippen LogP contribution is 2.19. The van der Waals surface area contributed by atoms with E-state index in [0.29, 0.717) is 11.5 Å². The minimum Gasteiger partial charge on any atom is -0.478 e. The summed E-state index contributed by atoms with van der Waals surface area (Å²) in [7, 11) is 0. The topological polar surface area (TPSA) is 57.6 Å². The van der Waals surface area contributed by atoms with Gasteiger partial charge in [0.25, 0.3) is 5.91 Å². The van der Waals surface area contributed by atoms with Crippen LogP contribution >= 0.6 is 0 Å². The summed E-state index contributed by atoms with van der Waals surface area (Å²) in [5.41, 5.74) is 1.46. The van der Waals surface area contributed by atoms with Crippen LogP contribution in [0.2, 0.25) is 0 Å². The molecule has 4 nitrogen and oxygen atoms in total. The van der Waals surface area contributed by atoms with Gasteiger partial charge in [-0.25, -0.2) is 4.79 Å². The molecule has 1 atom stereocenters. The van der Waals surface area contributed by atoms with E-state index in [9.17, 15) is 9.59 Å². The Hall–Kier alpha value is -1.84. The number of aryl methyl sites for hydroxylation is 1. The van der Waals surface area contributed by atoms with Crippen molar-refractivity contribution in [3.8, 4) is 0 Å². The maximum Gasteiger partial charge on any atom is 0.335 e. The Bertz CT molecular complexity index is 524. The number of rotatable bonds is 2. The number of aromatic carboxylic acids is 1. The van der Waals surface area contributed by atoms with Gasteiger partial charge < -0.3 is 10.0 Å². The molecule has 108 valence electrons. The van der Waals surface area contributed by atoms with Gasteiger partial charge in [0.05, 0.1) is 5.56 Å². The van der Waals surface area contributed by atoms with Gasteiger partial charge in [0.1, 0.15) is 0 Å². The first-order valence-electron chi connectivity index (χ1n) is 7.11. The number of benzene rings is 1. The Morgan fingerprint density at radius 1 is 1.20 bits per heavy atom. The number of likely N-dealkylation sites (tertiary alicyclic amines) is 1. The van der Waals surface area contributed by atoms with E-state index >= 15 is 0 Å². The number of hydrogen-bond acceptors (Lipinski definition) is 2. The van der Waals surface area contributed by atoms with E-state index in [1.54, 1.807) is 12.1 Å². The third-order valence-electron chi connectivity index (χ3n) is 3.77. The average molecular weight is 275 g/mol. The lowest BCUT2D eigenvalue weighted by Gasteiger charge is -2.23. The zero-order valence-corrected chi connectivity index (χ0v) is 12.1. The zero-order valence-electron chi connectivity index (χ0n) is 12.1. The van der Waals surface area contributed by atoms with Crippen LogP contribution < -0.4 is 0 Å². The second kappa shape index (κ2) is 6.07. The smallest absolute Gasteiger partial charge is 0.335 e. The molecule has 1 aliphatic heterocycles. The van der Waals surface area contributed by atoms with E-state index in [4.69, 9.17) is 5.11 Å². The Morgan fingerprint density at radius 3 is 2.60 bits per heavy atom. The summed E-state index contributed by atoms with van der Waals surface area (Å²) in [5.74, 6) is -0.540. The van der Waals surface area contributed by atoms with Crippen LogP contribution in [0.15, 0.2) is 18.2 Å². The lowest BCUT2D eigenvalue weighted by molar-refractivity contribution is 0.0696.